The van der Waals surface area contributed by atoms with E-state index in [-0.39, 0.29) is 17.5 Å². The normalized spacial score (nSPS) is 14.8. The Bertz CT molecular complexity index is 1180. The molecule has 0 aromatic heterocycles. The van der Waals surface area contributed by atoms with Crippen LogP contribution in [0.15, 0.2) is 72.3 Å². The molecule has 0 bridgehead atoms. The fourth-order valence-corrected chi connectivity index (χ4v) is 3.64. The second-order valence-corrected chi connectivity index (χ2v) is 7.94. The number of hydrogen-bond acceptors (Lipinski definition) is 3. The second kappa shape index (κ2) is 9.06. The van der Waals surface area contributed by atoms with Crippen molar-refractivity contribution in [3.8, 4) is 0 Å². The highest BCUT2D eigenvalue weighted by Gasteiger charge is 2.25. The molecular formula is C26H24FN3O2. The molecular weight excluding hydrogens is 405 g/mol. The Hall–Kier alpha value is -3.93. The zero-order valence-corrected chi connectivity index (χ0v) is 17.8. The molecule has 3 N–H and O–H groups in total. The second-order valence-electron chi connectivity index (χ2n) is 7.94. The van der Waals surface area contributed by atoms with E-state index in [9.17, 15) is 14.0 Å². The van der Waals surface area contributed by atoms with Crippen LogP contribution in [0.25, 0.3) is 6.08 Å². The predicted molar refractivity (Wildman–Crippen MR) is 124 cm³/mol. The van der Waals surface area contributed by atoms with E-state index in [1.165, 1.54) is 17.7 Å². The number of nitrogens with one attached hydrogen (secondary N) is 1. The maximum absolute atomic E-state index is 13.2. The standard InChI is InChI=1S/C26H24FN3O2/c1-17-2-4-18(5-3-17)14-21-12-13-30(26(21)32)16-19-6-8-20(9-7-19)25(31)29-24-11-10-22(27)15-23(24)28/h2-11,14-15H,12-13,16,28H2,1H3,(H,29,31)/b21-14+. The van der Waals surface area contributed by atoms with Crippen LogP contribution in [-0.4, -0.2) is 23.3 Å². The number of aryl methyl sites for hydroxylation is 1. The van der Waals surface area contributed by atoms with Crippen molar-refractivity contribution >= 4 is 29.3 Å². The molecule has 1 aliphatic heterocycles. The Morgan fingerprint density at radius 3 is 2.50 bits per heavy atom. The molecule has 0 atom stereocenters. The first-order valence-electron chi connectivity index (χ1n) is 10.4. The zero-order valence-electron chi connectivity index (χ0n) is 17.8. The number of nitrogen functional groups attached to an aromatic ring is 1. The van der Waals surface area contributed by atoms with Gasteiger partial charge in [0.1, 0.15) is 5.82 Å². The van der Waals surface area contributed by atoms with Crippen molar-refractivity contribution in [2.45, 2.75) is 19.9 Å². The number of nitrogens with two attached hydrogens (primary N) is 1. The lowest BCUT2D eigenvalue weighted by molar-refractivity contribution is -0.125. The summed E-state index contributed by atoms with van der Waals surface area (Å²) in [6.07, 6.45) is 2.67. The molecule has 6 heteroatoms. The average Bonchev–Trinajstić information content (AvgIpc) is 3.11. The van der Waals surface area contributed by atoms with Crippen molar-refractivity contribution in [2.75, 3.05) is 17.6 Å². The van der Waals surface area contributed by atoms with E-state index < -0.39 is 5.82 Å². The first kappa shape index (κ1) is 21.3. The molecule has 2 amide bonds. The van der Waals surface area contributed by atoms with Gasteiger partial charge in [-0.1, -0.05) is 42.0 Å². The summed E-state index contributed by atoms with van der Waals surface area (Å²) in [4.78, 5) is 27.0. The molecule has 0 saturated carbocycles. The fourth-order valence-electron chi connectivity index (χ4n) is 3.64. The number of rotatable bonds is 5. The first-order valence-corrected chi connectivity index (χ1v) is 10.4. The van der Waals surface area contributed by atoms with Gasteiger partial charge in [0.15, 0.2) is 0 Å². The molecule has 0 unspecified atom stereocenters. The molecule has 0 aliphatic carbocycles. The van der Waals surface area contributed by atoms with Gasteiger partial charge in [-0.15, -0.1) is 0 Å². The molecule has 0 spiro atoms. The smallest absolute Gasteiger partial charge is 0.255 e. The minimum absolute atomic E-state index is 0.0409. The minimum Gasteiger partial charge on any atom is -0.397 e. The van der Waals surface area contributed by atoms with Crippen LogP contribution in [0.2, 0.25) is 0 Å². The summed E-state index contributed by atoms with van der Waals surface area (Å²) in [6, 6.07) is 19.0. The maximum Gasteiger partial charge on any atom is 0.255 e. The molecule has 32 heavy (non-hydrogen) atoms. The lowest BCUT2D eigenvalue weighted by Crippen LogP contribution is -2.24. The van der Waals surface area contributed by atoms with Crippen LogP contribution in [0.5, 0.6) is 0 Å². The van der Waals surface area contributed by atoms with Gasteiger partial charge >= 0.3 is 0 Å². The van der Waals surface area contributed by atoms with Crippen molar-refractivity contribution < 1.29 is 14.0 Å². The van der Waals surface area contributed by atoms with Crippen LogP contribution >= 0.6 is 0 Å². The van der Waals surface area contributed by atoms with Crippen LogP contribution in [-0.2, 0) is 11.3 Å². The topological polar surface area (TPSA) is 75.4 Å². The number of carbonyl (C=O) groups excluding carboxylic acids is 2. The highest BCUT2D eigenvalue weighted by Crippen LogP contribution is 2.23. The molecule has 162 valence electrons. The van der Waals surface area contributed by atoms with Crippen molar-refractivity contribution in [3.63, 3.8) is 0 Å². The van der Waals surface area contributed by atoms with Crippen molar-refractivity contribution in [1.82, 2.24) is 4.90 Å². The Kier molecular flexibility index (Phi) is 6.03. The van der Waals surface area contributed by atoms with E-state index in [0.717, 1.165) is 22.8 Å². The molecule has 3 aromatic carbocycles. The zero-order chi connectivity index (χ0) is 22.7. The number of hydrogen-bond donors (Lipinski definition) is 2. The van der Waals surface area contributed by atoms with Gasteiger partial charge in [-0.3, -0.25) is 9.59 Å². The molecule has 4 rings (SSSR count). The summed E-state index contributed by atoms with van der Waals surface area (Å²) in [5, 5.41) is 2.68. The van der Waals surface area contributed by atoms with Crippen LogP contribution < -0.4 is 11.1 Å². The summed E-state index contributed by atoms with van der Waals surface area (Å²) in [5.41, 5.74) is 10.7. The van der Waals surface area contributed by atoms with E-state index in [2.05, 4.69) is 5.32 Å². The van der Waals surface area contributed by atoms with Gasteiger partial charge in [-0.05, 0) is 60.9 Å². The summed E-state index contributed by atoms with van der Waals surface area (Å²) in [6.45, 7) is 3.19. The summed E-state index contributed by atoms with van der Waals surface area (Å²) in [5.74, 6) is -0.757. The van der Waals surface area contributed by atoms with E-state index in [1.54, 1.807) is 12.1 Å². The number of nitrogens with zero attached hydrogens (tertiary/aromatic N) is 1. The lowest BCUT2D eigenvalue weighted by atomic mass is 10.1. The Labute approximate surface area is 186 Å². The number of halogens is 1. The molecule has 1 aliphatic rings. The summed E-state index contributed by atoms with van der Waals surface area (Å²) in [7, 11) is 0. The summed E-state index contributed by atoms with van der Waals surface area (Å²) < 4.78 is 13.2. The number of carbonyl (C=O) groups is 2. The summed E-state index contributed by atoms with van der Waals surface area (Å²) >= 11 is 0. The largest absolute Gasteiger partial charge is 0.397 e. The minimum atomic E-state index is -0.460. The van der Waals surface area contributed by atoms with E-state index in [4.69, 9.17) is 5.73 Å². The van der Waals surface area contributed by atoms with Crippen LogP contribution in [0, 0.1) is 12.7 Å². The number of benzene rings is 3. The van der Waals surface area contributed by atoms with E-state index in [0.29, 0.717) is 30.8 Å². The fraction of sp³-hybridized carbons (Fsp3) is 0.154. The number of likely N-dealkylation sites (tertiary alicyclic amines) is 1. The quantitative estimate of drug-likeness (QED) is 0.453. The molecule has 1 fully saturated rings. The highest BCUT2D eigenvalue weighted by atomic mass is 19.1. The third kappa shape index (κ3) is 4.86. The third-order valence-electron chi connectivity index (χ3n) is 5.48. The Morgan fingerprint density at radius 1 is 1.09 bits per heavy atom. The highest BCUT2D eigenvalue weighted by molar-refractivity contribution is 6.05. The molecule has 5 nitrogen and oxygen atoms in total. The molecule has 1 heterocycles. The average molecular weight is 429 g/mol. The SMILES string of the molecule is Cc1ccc(/C=C2\CCN(Cc3ccc(C(=O)Nc4ccc(F)cc4N)cc3)C2=O)cc1. The van der Waals surface area contributed by atoms with Gasteiger partial charge in [-0.2, -0.15) is 0 Å². The lowest BCUT2D eigenvalue weighted by Gasteiger charge is -2.15. The van der Waals surface area contributed by atoms with Gasteiger partial charge in [0, 0.05) is 24.2 Å². The Balaban J connectivity index is 1.39. The first-order chi connectivity index (χ1) is 15.4. The molecule has 3 aromatic rings. The van der Waals surface area contributed by atoms with E-state index >= 15 is 0 Å². The van der Waals surface area contributed by atoms with Crippen LogP contribution in [0.1, 0.15) is 33.5 Å². The number of amides is 2. The molecule has 1 saturated heterocycles. The predicted octanol–water partition coefficient (Wildman–Crippen LogP) is 4.78. The van der Waals surface area contributed by atoms with Crippen LogP contribution in [0.4, 0.5) is 15.8 Å². The van der Waals surface area contributed by atoms with E-state index in [1.807, 2.05) is 54.3 Å². The van der Waals surface area contributed by atoms with Crippen molar-refractivity contribution in [3.05, 3.63) is 100 Å². The van der Waals surface area contributed by atoms with Gasteiger partial charge < -0.3 is 16.0 Å². The number of anilines is 2. The van der Waals surface area contributed by atoms with Gasteiger partial charge in [0.2, 0.25) is 5.91 Å². The maximum atomic E-state index is 13.2. The van der Waals surface area contributed by atoms with Gasteiger partial charge in [0.25, 0.3) is 5.91 Å². The monoisotopic (exact) mass is 429 g/mol. The van der Waals surface area contributed by atoms with Crippen molar-refractivity contribution in [2.24, 2.45) is 0 Å². The van der Waals surface area contributed by atoms with Gasteiger partial charge in [-0.25, -0.2) is 4.39 Å². The van der Waals surface area contributed by atoms with Gasteiger partial charge in [0.05, 0.1) is 11.4 Å². The third-order valence-corrected chi connectivity index (χ3v) is 5.48. The Morgan fingerprint density at radius 2 is 1.81 bits per heavy atom. The van der Waals surface area contributed by atoms with Crippen LogP contribution in [0.3, 0.4) is 0 Å². The molecule has 0 radical (unpaired) electrons. The van der Waals surface area contributed by atoms with Crippen molar-refractivity contribution in [1.29, 1.82) is 0 Å².